The summed E-state index contributed by atoms with van der Waals surface area (Å²) in [6.07, 6.45) is 5.01. The largest absolute Gasteiger partial charge is 0.493 e. The highest BCUT2D eigenvalue weighted by molar-refractivity contribution is 14.0. The summed E-state index contributed by atoms with van der Waals surface area (Å²) in [5.41, 5.74) is 0.182. The second-order valence-electron chi connectivity index (χ2n) is 6.17. The number of rotatable bonds is 6. The van der Waals surface area contributed by atoms with Gasteiger partial charge in [-0.2, -0.15) is 0 Å². The Morgan fingerprint density at radius 1 is 1.16 bits per heavy atom. The molecule has 0 bridgehead atoms. The van der Waals surface area contributed by atoms with Crippen LogP contribution in [-0.4, -0.2) is 44.0 Å². The van der Waals surface area contributed by atoms with Gasteiger partial charge in [-0.3, -0.25) is 4.99 Å². The molecule has 7 heteroatoms. The third-order valence-electron chi connectivity index (χ3n) is 4.31. The summed E-state index contributed by atoms with van der Waals surface area (Å²) >= 11 is 0. The third-order valence-corrected chi connectivity index (χ3v) is 4.31. The molecule has 1 saturated carbocycles. The van der Waals surface area contributed by atoms with E-state index in [-0.39, 0.29) is 24.0 Å². The highest BCUT2D eigenvalue weighted by Gasteiger charge is 2.28. The van der Waals surface area contributed by atoms with Gasteiger partial charge in [-0.1, -0.05) is 19.3 Å². The highest BCUT2D eigenvalue weighted by Crippen LogP contribution is 2.30. The number of hydrogen-bond donors (Lipinski definition) is 3. The molecule has 1 fully saturated rings. The minimum atomic E-state index is -0.668. The Kier molecular flexibility index (Phi) is 9.34. The predicted octanol–water partition coefficient (Wildman–Crippen LogP) is 3.39. The summed E-state index contributed by atoms with van der Waals surface area (Å²) in [5, 5.41) is 17.1. The SMILES string of the molecule is CCNC(=NCC1(O)CCCCC1)Nc1ccc(OC)c(OC)c1.I. The predicted molar refractivity (Wildman–Crippen MR) is 113 cm³/mol. The van der Waals surface area contributed by atoms with E-state index in [0.717, 1.165) is 37.9 Å². The molecule has 1 aromatic rings. The van der Waals surface area contributed by atoms with Crippen molar-refractivity contribution in [3.63, 3.8) is 0 Å². The van der Waals surface area contributed by atoms with Crippen molar-refractivity contribution in [1.29, 1.82) is 0 Å². The first kappa shape index (κ1) is 21.8. The number of guanidine groups is 1. The molecule has 6 nitrogen and oxygen atoms in total. The van der Waals surface area contributed by atoms with Crippen molar-refractivity contribution in [2.75, 3.05) is 32.6 Å². The maximum Gasteiger partial charge on any atom is 0.195 e. The number of ether oxygens (including phenoxy) is 2. The average Bonchev–Trinajstić information content (AvgIpc) is 2.60. The second-order valence-corrected chi connectivity index (χ2v) is 6.17. The van der Waals surface area contributed by atoms with Crippen molar-refractivity contribution in [2.45, 2.75) is 44.6 Å². The van der Waals surface area contributed by atoms with Gasteiger partial charge in [-0.25, -0.2) is 0 Å². The van der Waals surface area contributed by atoms with E-state index in [1.807, 2.05) is 25.1 Å². The molecule has 1 aliphatic rings. The first-order valence-electron chi connectivity index (χ1n) is 8.60. The number of hydrogen-bond acceptors (Lipinski definition) is 4. The van der Waals surface area contributed by atoms with E-state index in [9.17, 15) is 5.11 Å². The minimum absolute atomic E-state index is 0. The van der Waals surface area contributed by atoms with E-state index in [0.29, 0.717) is 24.0 Å². The number of nitrogens with one attached hydrogen (secondary N) is 2. The smallest absolute Gasteiger partial charge is 0.195 e. The third kappa shape index (κ3) is 6.54. The number of nitrogens with zero attached hydrogens (tertiary/aromatic N) is 1. The van der Waals surface area contributed by atoms with E-state index in [4.69, 9.17) is 9.47 Å². The quantitative estimate of drug-likeness (QED) is 0.343. The van der Waals surface area contributed by atoms with Crippen LogP contribution >= 0.6 is 24.0 Å². The molecular formula is C18H30IN3O3. The van der Waals surface area contributed by atoms with Gasteiger partial charge < -0.3 is 25.2 Å². The van der Waals surface area contributed by atoms with Crippen molar-refractivity contribution < 1.29 is 14.6 Å². The number of methoxy groups -OCH3 is 2. The van der Waals surface area contributed by atoms with Crippen molar-refractivity contribution >= 4 is 35.6 Å². The molecule has 0 spiro atoms. The van der Waals surface area contributed by atoms with Crippen molar-refractivity contribution in [1.82, 2.24) is 5.32 Å². The summed E-state index contributed by atoms with van der Waals surface area (Å²) in [6, 6.07) is 5.62. The molecule has 142 valence electrons. The van der Waals surface area contributed by atoms with Gasteiger partial charge in [0.1, 0.15) is 0 Å². The molecule has 0 aliphatic heterocycles. The first-order chi connectivity index (χ1) is 11.6. The van der Waals surface area contributed by atoms with Crippen molar-refractivity contribution in [2.24, 2.45) is 4.99 Å². The van der Waals surface area contributed by atoms with Crippen LogP contribution in [0.25, 0.3) is 0 Å². The van der Waals surface area contributed by atoms with E-state index >= 15 is 0 Å². The second kappa shape index (κ2) is 10.7. The van der Waals surface area contributed by atoms with Crippen LogP contribution in [0.15, 0.2) is 23.2 Å². The Bertz CT molecular complexity index is 560. The Labute approximate surface area is 167 Å². The Balaban J connectivity index is 0.00000312. The molecule has 0 radical (unpaired) electrons. The molecule has 0 unspecified atom stereocenters. The Hall–Kier alpha value is -1.22. The lowest BCUT2D eigenvalue weighted by molar-refractivity contribution is 0.0132. The summed E-state index contributed by atoms with van der Waals surface area (Å²) < 4.78 is 10.6. The molecule has 2 rings (SSSR count). The van der Waals surface area contributed by atoms with Gasteiger partial charge in [0.2, 0.25) is 0 Å². The molecule has 25 heavy (non-hydrogen) atoms. The van der Waals surface area contributed by atoms with Gasteiger partial charge in [0.15, 0.2) is 17.5 Å². The van der Waals surface area contributed by atoms with Crippen LogP contribution in [0.1, 0.15) is 39.0 Å². The lowest BCUT2D eigenvalue weighted by Gasteiger charge is -2.30. The summed E-state index contributed by atoms with van der Waals surface area (Å²) in [6.45, 7) is 3.17. The molecule has 0 atom stereocenters. The normalized spacial score (nSPS) is 16.6. The van der Waals surface area contributed by atoms with Crippen LogP contribution < -0.4 is 20.1 Å². The molecule has 0 heterocycles. The molecular weight excluding hydrogens is 433 g/mol. The summed E-state index contributed by atoms with van der Waals surface area (Å²) in [5.74, 6) is 1.99. The number of anilines is 1. The van der Waals surface area contributed by atoms with Gasteiger partial charge in [-0.15, -0.1) is 24.0 Å². The van der Waals surface area contributed by atoms with Crippen molar-refractivity contribution in [3.05, 3.63) is 18.2 Å². The molecule has 1 aromatic carbocycles. The fourth-order valence-corrected chi connectivity index (χ4v) is 2.95. The lowest BCUT2D eigenvalue weighted by Crippen LogP contribution is -2.37. The Morgan fingerprint density at radius 2 is 1.84 bits per heavy atom. The van der Waals surface area contributed by atoms with Crippen LogP contribution in [0.3, 0.4) is 0 Å². The van der Waals surface area contributed by atoms with Gasteiger partial charge in [0.05, 0.1) is 26.4 Å². The molecule has 1 aliphatic carbocycles. The highest BCUT2D eigenvalue weighted by atomic mass is 127. The van der Waals surface area contributed by atoms with Gasteiger partial charge in [-0.05, 0) is 31.9 Å². The fourth-order valence-electron chi connectivity index (χ4n) is 2.95. The van der Waals surface area contributed by atoms with Crippen LogP contribution in [-0.2, 0) is 0 Å². The fraction of sp³-hybridized carbons (Fsp3) is 0.611. The Morgan fingerprint density at radius 3 is 2.44 bits per heavy atom. The maximum absolute atomic E-state index is 10.6. The zero-order chi connectivity index (χ0) is 17.4. The van der Waals surface area contributed by atoms with Crippen LogP contribution in [0, 0.1) is 0 Å². The summed E-state index contributed by atoms with van der Waals surface area (Å²) in [7, 11) is 3.22. The number of halogens is 1. The molecule has 0 aromatic heterocycles. The zero-order valence-corrected chi connectivity index (χ0v) is 17.6. The monoisotopic (exact) mass is 463 g/mol. The standard InChI is InChI=1S/C18H29N3O3.HI/c1-4-19-17(20-13-18(22)10-6-5-7-11-18)21-14-8-9-15(23-2)16(12-14)24-3;/h8-9,12,22H,4-7,10-11,13H2,1-3H3,(H2,19,20,21);1H. The lowest BCUT2D eigenvalue weighted by atomic mass is 9.85. The van der Waals surface area contributed by atoms with E-state index in [1.165, 1.54) is 6.42 Å². The van der Waals surface area contributed by atoms with Crippen LogP contribution in [0.4, 0.5) is 5.69 Å². The van der Waals surface area contributed by atoms with Gasteiger partial charge in [0.25, 0.3) is 0 Å². The number of aliphatic hydroxyl groups is 1. The van der Waals surface area contributed by atoms with E-state index < -0.39 is 5.60 Å². The number of aliphatic imine (C=N–C) groups is 1. The van der Waals surface area contributed by atoms with Crippen LogP contribution in [0.2, 0.25) is 0 Å². The summed E-state index contributed by atoms with van der Waals surface area (Å²) in [4.78, 5) is 4.57. The van der Waals surface area contributed by atoms with Crippen LogP contribution in [0.5, 0.6) is 11.5 Å². The topological polar surface area (TPSA) is 75.1 Å². The van der Waals surface area contributed by atoms with E-state index in [1.54, 1.807) is 14.2 Å². The number of benzene rings is 1. The molecule has 0 saturated heterocycles. The average molecular weight is 463 g/mol. The van der Waals surface area contributed by atoms with E-state index in [2.05, 4.69) is 15.6 Å². The molecule has 0 amide bonds. The first-order valence-corrected chi connectivity index (χ1v) is 8.60. The van der Waals surface area contributed by atoms with Gasteiger partial charge >= 0.3 is 0 Å². The van der Waals surface area contributed by atoms with Gasteiger partial charge in [0, 0.05) is 18.3 Å². The zero-order valence-electron chi connectivity index (χ0n) is 15.3. The molecule has 3 N–H and O–H groups in total. The maximum atomic E-state index is 10.6. The van der Waals surface area contributed by atoms with Crippen molar-refractivity contribution in [3.8, 4) is 11.5 Å². The minimum Gasteiger partial charge on any atom is -0.493 e.